The number of β-amino-alcohol motifs (C(OH)–C–C–N with tert-alkyl or cyclic N) is 1. The average molecular weight is 350 g/mol. The van der Waals surface area contributed by atoms with Gasteiger partial charge in [0, 0.05) is 50.2 Å². The third kappa shape index (κ3) is 3.98. The second-order valence-electron chi connectivity index (χ2n) is 7.16. The number of hydrogen-bond acceptors (Lipinski definition) is 4. The largest absolute Gasteiger partial charge is 0.389 e. The lowest BCUT2D eigenvalue weighted by molar-refractivity contribution is 0.0166. The summed E-state index contributed by atoms with van der Waals surface area (Å²) in [7, 11) is 0. The number of H-pyrrole nitrogens is 1. The van der Waals surface area contributed by atoms with Gasteiger partial charge in [0.15, 0.2) is 0 Å². The van der Waals surface area contributed by atoms with Gasteiger partial charge in [-0.25, -0.2) is 0 Å². The minimum Gasteiger partial charge on any atom is -0.389 e. The quantitative estimate of drug-likeness (QED) is 0.887. The summed E-state index contributed by atoms with van der Waals surface area (Å²) in [5.74, 6) is 0. The van der Waals surface area contributed by atoms with Gasteiger partial charge in [0.25, 0.3) is 5.56 Å². The third-order valence-corrected chi connectivity index (χ3v) is 4.84. The van der Waals surface area contributed by atoms with Gasteiger partial charge in [-0.2, -0.15) is 0 Å². The van der Waals surface area contributed by atoms with Crippen molar-refractivity contribution >= 4 is 22.5 Å². The fourth-order valence-electron chi connectivity index (χ4n) is 3.26. The van der Waals surface area contributed by atoms with Crippen molar-refractivity contribution in [3.63, 3.8) is 0 Å². The summed E-state index contributed by atoms with van der Waals surface area (Å²) in [4.78, 5) is 19.8. The van der Waals surface area contributed by atoms with Gasteiger partial charge in [0.2, 0.25) is 0 Å². The Morgan fingerprint density at radius 2 is 1.79 bits per heavy atom. The number of hydrogen-bond donors (Lipinski definition) is 2. The fraction of sp³-hybridized carbons (Fsp3) is 0.500. The van der Waals surface area contributed by atoms with Crippen molar-refractivity contribution in [1.29, 1.82) is 0 Å². The highest BCUT2D eigenvalue weighted by molar-refractivity contribution is 6.36. The first-order chi connectivity index (χ1) is 11.3. The van der Waals surface area contributed by atoms with Gasteiger partial charge in [-0.05, 0) is 19.9 Å². The highest BCUT2D eigenvalue weighted by Gasteiger charge is 2.24. The normalized spacial score (nSPS) is 17.5. The zero-order valence-corrected chi connectivity index (χ0v) is 14.9. The molecule has 0 unspecified atom stereocenters. The lowest BCUT2D eigenvalue weighted by Gasteiger charge is -2.37. The molecule has 0 saturated carbocycles. The number of aliphatic hydroxyl groups is 1. The number of aromatic nitrogens is 1. The summed E-state index contributed by atoms with van der Waals surface area (Å²) in [6.45, 7) is 8.35. The number of nitrogens with zero attached hydrogens (tertiary/aromatic N) is 2. The van der Waals surface area contributed by atoms with Crippen LogP contribution in [-0.4, -0.2) is 58.2 Å². The molecule has 0 bridgehead atoms. The molecule has 1 fully saturated rings. The van der Waals surface area contributed by atoms with Crippen molar-refractivity contribution in [3.8, 4) is 0 Å². The molecule has 130 valence electrons. The van der Waals surface area contributed by atoms with E-state index in [1.165, 1.54) is 0 Å². The lowest BCUT2D eigenvalue weighted by atomic mass is 10.1. The SMILES string of the molecule is CC(C)(O)CN1CCN(Cc2c(Cl)c3ccccc3[nH]c2=O)CC1. The molecule has 2 heterocycles. The van der Waals surface area contributed by atoms with Crippen LogP contribution in [-0.2, 0) is 6.54 Å². The highest BCUT2D eigenvalue weighted by Crippen LogP contribution is 2.24. The van der Waals surface area contributed by atoms with E-state index in [9.17, 15) is 9.90 Å². The highest BCUT2D eigenvalue weighted by atomic mass is 35.5. The number of fused-ring (bicyclic) bond motifs is 1. The first-order valence-corrected chi connectivity index (χ1v) is 8.68. The van der Waals surface area contributed by atoms with Gasteiger partial charge in [-0.15, -0.1) is 0 Å². The molecule has 1 aromatic heterocycles. The van der Waals surface area contributed by atoms with E-state index in [0.717, 1.165) is 37.1 Å². The minimum atomic E-state index is -0.680. The summed E-state index contributed by atoms with van der Waals surface area (Å²) in [6, 6.07) is 7.60. The van der Waals surface area contributed by atoms with Crippen LogP contribution in [0.15, 0.2) is 29.1 Å². The Labute approximate surface area is 146 Å². The van der Waals surface area contributed by atoms with Gasteiger partial charge in [0.1, 0.15) is 0 Å². The first-order valence-electron chi connectivity index (χ1n) is 8.30. The molecular formula is C18H24ClN3O2. The Hall–Kier alpha value is -1.40. The number of benzene rings is 1. The maximum atomic E-state index is 12.4. The molecule has 1 saturated heterocycles. The van der Waals surface area contributed by atoms with E-state index in [4.69, 9.17) is 11.6 Å². The maximum absolute atomic E-state index is 12.4. The van der Waals surface area contributed by atoms with Gasteiger partial charge in [-0.3, -0.25) is 14.6 Å². The Morgan fingerprint density at radius 1 is 1.17 bits per heavy atom. The molecule has 5 nitrogen and oxygen atoms in total. The molecule has 2 N–H and O–H groups in total. The molecule has 1 aliphatic heterocycles. The molecule has 0 atom stereocenters. The monoisotopic (exact) mass is 349 g/mol. The van der Waals surface area contributed by atoms with Crippen molar-refractivity contribution in [2.45, 2.75) is 26.0 Å². The zero-order valence-electron chi connectivity index (χ0n) is 14.2. The summed E-state index contributed by atoms with van der Waals surface area (Å²) in [6.07, 6.45) is 0. The van der Waals surface area contributed by atoms with Crippen LogP contribution in [0.25, 0.3) is 10.9 Å². The number of nitrogens with one attached hydrogen (secondary N) is 1. The summed E-state index contributed by atoms with van der Waals surface area (Å²) in [5.41, 5.74) is 0.608. The van der Waals surface area contributed by atoms with Crippen LogP contribution in [0.5, 0.6) is 0 Å². The van der Waals surface area contributed by atoms with Gasteiger partial charge in [0.05, 0.1) is 16.2 Å². The van der Waals surface area contributed by atoms with E-state index in [2.05, 4.69) is 14.8 Å². The second-order valence-corrected chi connectivity index (χ2v) is 7.53. The van der Waals surface area contributed by atoms with Crippen LogP contribution in [0.2, 0.25) is 5.02 Å². The summed E-state index contributed by atoms with van der Waals surface area (Å²) < 4.78 is 0. The van der Waals surface area contributed by atoms with E-state index >= 15 is 0 Å². The standard InChI is InChI=1S/C18H24ClN3O2/c1-18(2,24)12-22-9-7-21(8-10-22)11-14-16(19)13-5-3-4-6-15(13)20-17(14)23/h3-6,24H,7-12H2,1-2H3,(H,20,23). The smallest absolute Gasteiger partial charge is 0.254 e. The minimum absolute atomic E-state index is 0.113. The van der Waals surface area contributed by atoms with Crippen molar-refractivity contribution in [2.75, 3.05) is 32.7 Å². The van der Waals surface area contributed by atoms with Crippen LogP contribution >= 0.6 is 11.6 Å². The van der Waals surface area contributed by atoms with Crippen molar-refractivity contribution in [2.24, 2.45) is 0 Å². The molecule has 3 rings (SSSR count). The molecule has 6 heteroatoms. The maximum Gasteiger partial charge on any atom is 0.254 e. The molecule has 1 aliphatic rings. The molecule has 24 heavy (non-hydrogen) atoms. The fourth-order valence-corrected chi connectivity index (χ4v) is 3.57. The van der Waals surface area contributed by atoms with Crippen LogP contribution in [0, 0.1) is 0 Å². The Kier molecular flexibility index (Phi) is 4.97. The predicted molar refractivity (Wildman–Crippen MR) is 97.6 cm³/mol. The Bertz CT molecular complexity index is 774. The molecule has 0 radical (unpaired) electrons. The van der Waals surface area contributed by atoms with E-state index in [-0.39, 0.29) is 5.56 Å². The third-order valence-electron chi connectivity index (χ3n) is 4.41. The summed E-state index contributed by atoms with van der Waals surface area (Å²) >= 11 is 6.49. The Balaban J connectivity index is 1.72. The number of rotatable bonds is 4. The van der Waals surface area contributed by atoms with E-state index < -0.39 is 5.60 Å². The lowest BCUT2D eigenvalue weighted by Crippen LogP contribution is -2.50. The van der Waals surface area contributed by atoms with Crippen LogP contribution in [0.3, 0.4) is 0 Å². The van der Waals surface area contributed by atoms with Crippen LogP contribution in [0.1, 0.15) is 19.4 Å². The van der Waals surface area contributed by atoms with E-state index in [1.807, 2.05) is 38.1 Å². The van der Waals surface area contributed by atoms with E-state index in [1.54, 1.807) is 0 Å². The molecule has 0 amide bonds. The molecular weight excluding hydrogens is 326 g/mol. The molecule has 0 spiro atoms. The Morgan fingerprint density at radius 3 is 2.46 bits per heavy atom. The van der Waals surface area contributed by atoms with Gasteiger partial charge in [-0.1, -0.05) is 29.8 Å². The number of piperazine rings is 1. The molecule has 2 aromatic rings. The first kappa shape index (κ1) is 17.4. The van der Waals surface area contributed by atoms with Gasteiger partial charge >= 0.3 is 0 Å². The number of pyridine rings is 1. The summed E-state index contributed by atoms with van der Waals surface area (Å²) in [5, 5.41) is 11.4. The number of para-hydroxylation sites is 1. The van der Waals surface area contributed by atoms with Crippen LogP contribution in [0.4, 0.5) is 0 Å². The second kappa shape index (κ2) is 6.84. The van der Waals surface area contributed by atoms with Crippen molar-refractivity contribution < 1.29 is 5.11 Å². The van der Waals surface area contributed by atoms with Crippen molar-refractivity contribution in [1.82, 2.24) is 14.8 Å². The van der Waals surface area contributed by atoms with Crippen molar-refractivity contribution in [3.05, 3.63) is 45.2 Å². The predicted octanol–water partition coefficient (Wildman–Crippen LogP) is 2.07. The van der Waals surface area contributed by atoms with Crippen LogP contribution < -0.4 is 5.56 Å². The van der Waals surface area contributed by atoms with E-state index in [0.29, 0.717) is 23.7 Å². The molecule has 0 aliphatic carbocycles. The number of aromatic amines is 1. The topological polar surface area (TPSA) is 59.6 Å². The average Bonchev–Trinajstić information content (AvgIpc) is 2.51. The zero-order chi connectivity index (χ0) is 17.3. The number of halogens is 1. The molecule has 1 aromatic carbocycles. The van der Waals surface area contributed by atoms with Gasteiger partial charge < -0.3 is 10.1 Å².